The number of hydrogen-bond donors (Lipinski definition) is 1. The number of rotatable bonds is 4. The number of carboxylic acids is 1. The number of carbonyl (C=O) groups is 1. The topological polar surface area (TPSA) is 83.2 Å². The summed E-state index contributed by atoms with van der Waals surface area (Å²) in [6.07, 6.45) is -3.36. The number of halogens is 2. The molecule has 0 unspecified atom stereocenters. The number of nitrogens with zero attached hydrogens (tertiary/aromatic N) is 2. The van der Waals surface area contributed by atoms with Crippen molar-refractivity contribution < 1.29 is 23.4 Å². The number of aliphatic carboxylic acids is 1. The monoisotopic (exact) mass is 242 g/mol. The van der Waals surface area contributed by atoms with Gasteiger partial charge in [0.1, 0.15) is 23.2 Å². The Morgan fingerprint density at radius 2 is 2.35 bits per heavy atom. The lowest BCUT2D eigenvalue weighted by Gasteiger charge is -2.10. The molecule has 0 bridgehead atoms. The largest absolute Gasteiger partial charge is 0.496 e. The summed E-state index contributed by atoms with van der Waals surface area (Å²) < 4.78 is 29.7. The average molecular weight is 242 g/mol. The van der Waals surface area contributed by atoms with Crippen molar-refractivity contribution in [1.82, 2.24) is 4.98 Å². The van der Waals surface area contributed by atoms with Gasteiger partial charge in [0.05, 0.1) is 13.5 Å². The van der Waals surface area contributed by atoms with Crippen LogP contribution in [0.25, 0.3) is 0 Å². The first-order chi connectivity index (χ1) is 7.99. The van der Waals surface area contributed by atoms with Crippen molar-refractivity contribution in [1.29, 1.82) is 5.26 Å². The molecule has 1 heterocycles. The minimum absolute atomic E-state index is 0.00750. The first kappa shape index (κ1) is 12.8. The van der Waals surface area contributed by atoms with Crippen LogP contribution in [0.1, 0.15) is 23.4 Å². The van der Waals surface area contributed by atoms with Crippen LogP contribution < -0.4 is 4.74 Å². The maximum absolute atomic E-state index is 12.5. The molecule has 0 amide bonds. The number of nitriles is 1. The Balaban J connectivity index is 3.37. The van der Waals surface area contributed by atoms with Crippen LogP contribution in [-0.4, -0.2) is 23.2 Å². The molecular weight excluding hydrogens is 234 g/mol. The summed E-state index contributed by atoms with van der Waals surface area (Å²) in [5.41, 5.74) is -0.985. The Morgan fingerprint density at radius 3 is 2.76 bits per heavy atom. The number of ether oxygens (including phenoxy) is 1. The van der Waals surface area contributed by atoms with Crippen molar-refractivity contribution in [2.24, 2.45) is 0 Å². The van der Waals surface area contributed by atoms with Gasteiger partial charge in [-0.25, -0.2) is 13.8 Å². The molecule has 17 heavy (non-hydrogen) atoms. The van der Waals surface area contributed by atoms with Gasteiger partial charge in [0, 0.05) is 11.6 Å². The highest BCUT2D eigenvalue weighted by Gasteiger charge is 2.19. The minimum Gasteiger partial charge on any atom is -0.496 e. The summed E-state index contributed by atoms with van der Waals surface area (Å²) in [6.45, 7) is 0. The zero-order chi connectivity index (χ0) is 13.0. The molecule has 0 aliphatic carbocycles. The molecule has 0 fully saturated rings. The molecule has 0 saturated carbocycles. The van der Waals surface area contributed by atoms with E-state index in [1.165, 1.54) is 7.11 Å². The van der Waals surface area contributed by atoms with Crippen LogP contribution in [-0.2, 0) is 11.2 Å². The van der Waals surface area contributed by atoms with Crippen LogP contribution in [0.5, 0.6) is 5.75 Å². The average Bonchev–Trinajstić information content (AvgIpc) is 2.28. The smallest absolute Gasteiger partial charge is 0.308 e. The number of hydrogen-bond acceptors (Lipinski definition) is 4. The Bertz CT molecular complexity index is 483. The summed E-state index contributed by atoms with van der Waals surface area (Å²) in [5, 5.41) is 17.4. The fourth-order valence-corrected chi connectivity index (χ4v) is 1.28. The van der Waals surface area contributed by atoms with E-state index in [1.54, 1.807) is 6.07 Å². The van der Waals surface area contributed by atoms with E-state index in [2.05, 4.69) is 4.98 Å². The molecule has 1 aromatic rings. The van der Waals surface area contributed by atoms with Gasteiger partial charge in [0.2, 0.25) is 0 Å². The lowest BCUT2D eigenvalue weighted by Crippen LogP contribution is -2.08. The fraction of sp³-hybridized carbons (Fsp3) is 0.300. The van der Waals surface area contributed by atoms with Gasteiger partial charge in [-0.05, 0) is 0 Å². The Hall–Kier alpha value is -2.23. The highest BCUT2D eigenvalue weighted by Crippen LogP contribution is 2.27. The van der Waals surface area contributed by atoms with E-state index in [1.807, 2.05) is 0 Å². The third kappa shape index (κ3) is 2.87. The highest BCUT2D eigenvalue weighted by molar-refractivity contribution is 5.72. The molecule has 90 valence electrons. The molecule has 5 nitrogen and oxygen atoms in total. The van der Waals surface area contributed by atoms with Crippen LogP contribution in [0.2, 0.25) is 0 Å². The van der Waals surface area contributed by atoms with E-state index in [4.69, 9.17) is 15.1 Å². The molecule has 0 atom stereocenters. The van der Waals surface area contributed by atoms with E-state index in [0.29, 0.717) is 0 Å². The lowest BCUT2D eigenvalue weighted by atomic mass is 10.1. The fourth-order valence-electron chi connectivity index (χ4n) is 1.28. The van der Waals surface area contributed by atoms with E-state index in [0.717, 1.165) is 6.07 Å². The number of alkyl halides is 2. The first-order valence-corrected chi connectivity index (χ1v) is 4.47. The van der Waals surface area contributed by atoms with Gasteiger partial charge in [0.25, 0.3) is 6.43 Å². The van der Waals surface area contributed by atoms with Gasteiger partial charge in [-0.1, -0.05) is 0 Å². The predicted octanol–water partition coefficient (Wildman–Crippen LogP) is 1.53. The standard InChI is InChI=1S/C10H8F2N2O3/c1-17-8-3-6(10(11)12)14-7(4-13)5(8)2-9(15)16/h3,10H,2H2,1H3,(H,15,16). The van der Waals surface area contributed by atoms with E-state index in [-0.39, 0.29) is 17.0 Å². The summed E-state index contributed by atoms with van der Waals surface area (Å²) in [7, 11) is 1.21. The van der Waals surface area contributed by atoms with Crippen LogP contribution in [0.4, 0.5) is 8.78 Å². The highest BCUT2D eigenvalue weighted by atomic mass is 19.3. The minimum atomic E-state index is -2.85. The maximum atomic E-state index is 12.5. The summed E-state index contributed by atoms with van der Waals surface area (Å²) in [6, 6.07) is 2.52. The van der Waals surface area contributed by atoms with Crippen molar-refractivity contribution in [2.75, 3.05) is 7.11 Å². The second-order valence-corrected chi connectivity index (χ2v) is 3.06. The van der Waals surface area contributed by atoms with Crippen molar-refractivity contribution in [3.05, 3.63) is 23.0 Å². The molecule has 0 saturated heterocycles. The van der Waals surface area contributed by atoms with Crippen LogP contribution in [0.15, 0.2) is 6.07 Å². The molecule has 7 heteroatoms. The third-order valence-electron chi connectivity index (χ3n) is 1.98. The summed E-state index contributed by atoms with van der Waals surface area (Å²) in [5.74, 6) is -1.28. The summed E-state index contributed by atoms with van der Waals surface area (Å²) >= 11 is 0. The molecular formula is C10H8F2N2O3. The van der Waals surface area contributed by atoms with Gasteiger partial charge in [-0.15, -0.1) is 0 Å². The van der Waals surface area contributed by atoms with Gasteiger partial charge < -0.3 is 9.84 Å². The zero-order valence-electron chi connectivity index (χ0n) is 8.78. The number of aromatic nitrogens is 1. The van der Waals surface area contributed by atoms with Gasteiger partial charge in [-0.3, -0.25) is 4.79 Å². The Morgan fingerprint density at radius 1 is 1.71 bits per heavy atom. The van der Waals surface area contributed by atoms with Crippen LogP contribution in [0, 0.1) is 11.3 Å². The van der Waals surface area contributed by atoms with E-state index in [9.17, 15) is 13.6 Å². The molecule has 1 aromatic heterocycles. The second-order valence-electron chi connectivity index (χ2n) is 3.06. The maximum Gasteiger partial charge on any atom is 0.308 e. The van der Waals surface area contributed by atoms with E-state index >= 15 is 0 Å². The molecule has 0 aliphatic rings. The first-order valence-electron chi connectivity index (χ1n) is 4.47. The SMILES string of the molecule is COc1cc(C(F)F)nc(C#N)c1CC(=O)O. The molecule has 0 radical (unpaired) electrons. The second kappa shape index (κ2) is 5.21. The quantitative estimate of drug-likeness (QED) is 0.865. The van der Waals surface area contributed by atoms with Crippen molar-refractivity contribution >= 4 is 5.97 Å². The molecule has 0 spiro atoms. The van der Waals surface area contributed by atoms with Crippen molar-refractivity contribution in [2.45, 2.75) is 12.8 Å². The molecule has 1 rings (SSSR count). The third-order valence-corrected chi connectivity index (χ3v) is 1.98. The molecule has 0 aliphatic heterocycles. The van der Waals surface area contributed by atoms with E-state index < -0.39 is 24.5 Å². The Labute approximate surface area is 95.3 Å². The predicted molar refractivity (Wildman–Crippen MR) is 51.8 cm³/mol. The number of pyridine rings is 1. The normalized spacial score (nSPS) is 10.1. The number of methoxy groups -OCH3 is 1. The number of carboxylic acid groups (broad SMARTS) is 1. The van der Waals surface area contributed by atoms with Gasteiger partial charge >= 0.3 is 5.97 Å². The summed E-state index contributed by atoms with van der Waals surface area (Å²) in [4.78, 5) is 14.0. The van der Waals surface area contributed by atoms with Crippen molar-refractivity contribution in [3.63, 3.8) is 0 Å². The lowest BCUT2D eigenvalue weighted by molar-refractivity contribution is -0.136. The molecule has 1 N–H and O–H groups in total. The molecule has 0 aromatic carbocycles. The van der Waals surface area contributed by atoms with Gasteiger partial charge in [0.15, 0.2) is 0 Å². The van der Waals surface area contributed by atoms with Crippen LogP contribution >= 0.6 is 0 Å². The van der Waals surface area contributed by atoms with Crippen molar-refractivity contribution in [3.8, 4) is 11.8 Å². The Kier molecular flexibility index (Phi) is 3.93. The van der Waals surface area contributed by atoms with Gasteiger partial charge in [-0.2, -0.15) is 5.26 Å². The zero-order valence-corrected chi connectivity index (χ0v) is 8.78. The van der Waals surface area contributed by atoms with Crippen LogP contribution in [0.3, 0.4) is 0 Å².